The van der Waals surface area contributed by atoms with E-state index in [1.807, 2.05) is 39.0 Å². The summed E-state index contributed by atoms with van der Waals surface area (Å²) in [5.74, 6) is 1.10. The fraction of sp³-hybridized carbons (Fsp3) is 0.444. The van der Waals surface area contributed by atoms with Crippen molar-refractivity contribution in [3.05, 3.63) is 53.4 Å². The number of carbonyl (C=O) groups is 1. The van der Waals surface area contributed by atoms with Crippen LogP contribution in [-0.2, 0) is 16.0 Å². The van der Waals surface area contributed by atoms with E-state index in [1.54, 1.807) is 18.3 Å². The Hall–Kier alpha value is -2.18. The van der Waals surface area contributed by atoms with Crippen LogP contribution in [0.4, 0.5) is 0 Å². The Labute approximate surface area is 206 Å². The van der Waals surface area contributed by atoms with Gasteiger partial charge in [-0.2, -0.15) is 0 Å². The molecule has 0 N–H and O–H groups in total. The third-order valence-electron chi connectivity index (χ3n) is 5.23. The lowest BCUT2D eigenvalue weighted by atomic mass is 10.0. The molecule has 0 spiro atoms. The van der Waals surface area contributed by atoms with Gasteiger partial charge in [-0.15, -0.1) is 24.0 Å². The van der Waals surface area contributed by atoms with Gasteiger partial charge in [-0.05, 0) is 70.9 Å². The van der Waals surface area contributed by atoms with Crippen LogP contribution in [0.5, 0.6) is 5.75 Å². The molecule has 3 rings (SSSR count). The van der Waals surface area contributed by atoms with E-state index in [0.29, 0.717) is 17.7 Å². The maximum absolute atomic E-state index is 11.9. The molecule has 6 heteroatoms. The predicted molar refractivity (Wildman–Crippen MR) is 140 cm³/mol. The fourth-order valence-corrected chi connectivity index (χ4v) is 5.33. The minimum atomic E-state index is -0.858. The van der Waals surface area contributed by atoms with E-state index < -0.39 is 16.5 Å². The van der Waals surface area contributed by atoms with Gasteiger partial charge in [0.2, 0.25) is 0 Å². The lowest BCUT2D eigenvalue weighted by molar-refractivity contribution is -0.153. The molecule has 0 saturated carbocycles. The largest absolute Gasteiger partial charge is 0.477 e. The smallest absolute Gasteiger partial charge is 0.333 e. The van der Waals surface area contributed by atoms with Crippen LogP contribution in [0.1, 0.15) is 65.2 Å². The maximum atomic E-state index is 11.9. The summed E-state index contributed by atoms with van der Waals surface area (Å²) in [7, 11) is 0. The first-order valence-electron chi connectivity index (χ1n) is 11.4. The SMILES string of the molecule is C=C(C)C(=O)OC(C)(C)CC(C)(S)Oc1ccc2cc(-c3ccc(CCCCC)s3)oc2c1. The van der Waals surface area contributed by atoms with Gasteiger partial charge in [0.05, 0.1) is 4.88 Å². The van der Waals surface area contributed by atoms with E-state index in [4.69, 9.17) is 26.5 Å². The van der Waals surface area contributed by atoms with E-state index in [0.717, 1.165) is 28.0 Å². The van der Waals surface area contributed by atoms with Crippen molar-refractivity contribution in [1.82, 2.24) is 0 Å². The van der Waals surface area contributed by atoms with Crippen molar-refractivity contribution in [2.75, 3.05) is 0 Å². The highest BCUT2D eigenvalue weighted by Crippen LogP contribution is 2.37. The van der Waals surface area contributed by atoms with Crippen LogP contribution in [-0.4, -0.2) is 16.5 Å². The molecular weight excluding hydrogens is 452 g/mol. The average molecular weight is 487 g/mol. The zero-order chi connectivity index (χ0) is 24.2. The number of thiophene rings is 1. The maximum Gasteiger partial charge on any atom is 0.333 e. The van der Waals surface area contributed by atoms with Gasteiger partial charge in [0.15, 0.2) is 4.93 Å². The number of thiol groups is 1. The van der Waals surface area contributed by atoms with Crippen molar-refractivity contribution in [2.24, 2.45) is 0 Å². The van der Waals surface area contributed by atoms with Crippen LogP contribution in [0, 0.1) is 0 Å². The van der Waals surface area contributed by atoms with Gasteiger partial charge in [-0.25, -0.2) is 4.79 Å². The van der Waals surface area contributed by atoms with E-state index in [1.165, 1.54) is 24.1 Å². The van der Waals surface area contributed by atoms with Gasteiger partial charge in [0.1, 0.15) is 22.7 Å². The summed E-state index contributed by atoms with van der Waals surface area (Å²) in [6, 6.07) is 12.2. The minimum Gasteiger partial charge on any atom is -0.477 e. The molecule has 33 heavy (non-hydrogen) atoms. The topological polar surface area (TPSA) is 48.7 Å². The Morgan fingerprint density at radius 2 is 1.91 bits per heavy atom. The van der Waals surface area contributed by atoms with E-state index in [-0.39, 0.29) is 0 Å². The van der Waals surface area contributed by atoms with Crippen molar-refractivity contribution < 1.29 is 18.7 Å². The lowest BCUT2D eigenvalue weighted by Gasteiger charge is -2.34. The summed E-state index contributed by atoms with van der Waals surface area (Å²) < 4.78 is 17.9. The van der Waals surface area contributed by atoms with Crippen LogP contribution in [0.15, 0.2) is 53.0 Å². The fourth-order valence-electron chi connectivity index (χ4n) is 3.84. The summed E-state index contributed by atoms with van der Waals surface area (Å²) >= 11 is 6.49. The molecule has 0 aliphatic rings. The van der Waals surface area contributed by atoms with Crippen molar-refractivity contribution in [2.45, 2.75) is 77.3 Å². The van der Waals surface area contributed by atoms with Crippen LogP contribution in [0.2, 0.25) is 0 Å². The molecule has 0 saturated heterocycles. The van der Waals surface area contributed by atoms with Crippen LogP contribution in [0.3, 0.4) is 0 Å². The van der Waals surface area contributed by atoms with Gasteiger partial charge < -0.3 is 13.9 Å². The molecule has 1 aromatic carbocycles. The molecule has 0 aliphatic heterocycles. The Balaban J connectivity index is 1.71. The number of carbonyl (C=O) groups excluding carboxylic acids is 1. The third kappa shape index (κ3) is 7.15. The second-order valence-electron chi connectivity index (χ2n) is 9.42. The highest BCUT2D eigenvalue weighted by atomic mass is 32.1. The van der Waals surface area contributed by atoms with E-state index >= 15 is 0 Å². The molecule has 0 fully saturated rings. The standard InChI is InChI=1S/C27H34O4S2/c1-7-8-9-10-21-13-14-24(33-21)23-15-19-11-12-20(16-22(19)29-23)30-27(6,32)17-26(4,5)31-25(28)18(2)3/h11-16,32H,2,7-10,17H2,1,3-6H3. The number of benzene rings is 1. The minimum absolute atomic E-state index is 0.364. The summed E-state index contributed by atoms with van der Waals surface area (Å²) in [5.41, 5.74) is 0.367. The second kappa shape index (κ2) is 10.4. The van der Waals surface area contributed by atoms with Crippen molar-refractivity contribution in [3.63, 3.8) is 0 Å². The Kier molecular flexibility index (Phi) is 8.01. The Bertz CT molecular complexity index is 1120. The molecule has 3 aromatic rings. The normalized spacial score (nSPS) is 13.6. The number of fused-ring (bicyclic) bond motifs is 1. The molecule has 0 amide bonds. The first-order valence-corrected chi connectivity index (χ1v) is 12.7. The molecular formula is C27H34O4S2. The Morgan fingerprint density at radius 3 is 2.61 bits per heavy atom. The van der Waals surface area contributed by atoms with Crippen LogP contribution in [0.25, 0.3) is 21.6 Å². The number of unbranched alkanes of at least 4 members (excludes halogenated alkanes) is 2. The van der Waals surface area contributed by atoms with Gasteiger partial charge in [0, 0.05) is 28.3 Å². The molecule has 178 valence electrons. The van der Waals surface area contributed by atoms with Gasteiger partial charge >= 0.3 is 5.97 Å². The monoisotopic (exact) mass is 486 g/mol. The first kappa shape index (κ1) is 25.4. The highest BCUT2D eigenvalue weighted by Gasteiger charge is 2.34. The number of furan rings is 1. The van der Waals surface area contributed by atoms with Gasteiger partial charge in [-0.1, -0.05) is 26.3 Å². The average Bonchev–Trinajstić information content (AvgIpc) is 3.32. The molecule has 2 heterocycles. The molecule has 4 nitrogen and oxygen atoms in total. The van der Waals surface area contributed by atoms with Gasteiger partial charge in [-0.3, -0.25) is 0 Å². The molecule has 1 unspecified atom stereocenters. The Morgan fingerprint density at radius 1 is 1.15 bits per heavy atom. The molecule has 0 aliphatic carbocycles. The summed E-state index contributed by atoms with van der Waals surface area (Å²) in [4.78, 5) is 13.6. The zero-order valence-electron chi connectivity index (χ0n) is 20.2. The van der Waals surface area contributed by atoms with Crippen molar-refractivity contribution >= 4 is 40.9 Å². The number of esters is 1. The highest BCUT2D eigenvalue weighted by molar-refractivity contribution is 7.81. The van der Waals surface area contributed by atoms with Crippen LogP contribution < -0.4 is 4.74 Å². The molecule has 1 atom stereocenters. The van der Waals surface area contributed by atoms with Crippen LogP contribution >= 0.6 is 24.0 Å². The zero-order valence-corrected chi connectivity index (χ0v) is 21.9. The van der Waals surface area contributed by atoms with Gasteiger partial charge in [0.25, 0.3) is 0 Å². The van der Waals surface area contributed by atoms with Crippen molar-refractivity contribution in [3.8, 4) is 16.4 Å². The van der Waals surface area contributed by atoms with E-state index in [2.05, 4.69) is 31.7 Å². The quantitative estimate of drug-likeness (QED) is 0.0975. The first-order chi connectivity index (χ1) is 15.5. The molecule has 2 aromatic heterocycles. The summed E-state index contributed by atoms with van der Waals surface area (Å²) in [5, 5.41) is 1.02. The summed E-state index contributed by atoms with van der Waals surface area (Å²) in [6.07, 6.45) is 5.23. The predicted octanol–water partition coefficient (Wildman–Crippen LogP) is 8.21. The number of aryl methyl sites for hydroxylation is 1. The lowest BCUT2D eigenvalue weighted by Crippen LogP contribution is -2.39. The third-order valence-corrected chi connectivity index (χ3v) is 6.64. The molecule has 0 radical (unpaired) electrons. The second-order valence-corrected chi connectivity index (χ2v) is 11.5. The molecule has 0 bridgehead atoms. The number of hydrogen-bond donors (Lipinski definition) is 1. The van der Waals surface area contributed by atoms with Crippen molar-refractivity contribution in [1.29, 1.82) is 0 Å². The van der Waals surface area contributed by atoms with E-state index in [9.17, 15) is 4.79 Å². The number of ether oxygens (including phenoxy) is 2. The summed E-state index contributed by atoms with van der Waals surface area (Å²) in [6.45, 7) is 13.0. The number of rotatable bonds is 11. The number of hydrogen-bond acceptors (Lipinski definition) is 6.